The predicted octanol–water partition coefficient (Wildman–Crippen LogP) is 8.53. The van der Waals surface area contributed by atoms with Crippen LogP contribution in [0.3, 0.4) is 0 Å². The summed E-state index contributed by atoms with van der Waals surface area (Å²) in [6.45, 7) is 0. The molecule has 1 aliphatic rings. The zero-order chi connectivity index (χ0) is 24.6. The van der Waals surface area contributed by atoms with Crippen LogP contribution in [0.2, 0.25) is 0 Å². The number of aromatic nitrogens is 2. The molecule has 0 unspecified atom stereocenters. The first-order valence-corrected chi connectivity index (χ1v) is 12.7. The number of benzene rings is 4. The maximum Gasteiger partial charge on any atom is 0.0781 e. The second kappa shape index (κ2) is 9.03. The number of fused-ring (bicyclic) bond motifs is 3. The molecule has 2 aromatic heterocycles. The van der Waals surface area contributed by atoms with Crippen LogP contribution in [0.4, 0.5) is 17.1 Å². The first-order valence-electron chi connectivity index (χ1n) is 12.7. The van der Waals surface area contributed by atoms with Gasteiger partial charge in [-0.3, -0.25) is 9.97 Å². The number of anilines is 3. The lowest BCUT2D eigenvalue weighted by atomic mass is 9.99. The van der Waals surface area contributed by atoms with E-state index in [1.807, 2.05) is 24.5 Å². The standard InChI is InChI=1S/C34H25N3/c1-3-12-30-24(8-1)19-21-36-34(30)28-18-17-26-16-15-25-9-2-4-14-32(25)37(33(26)23-28)29-11-7-10-27(22-29)31-13-5-6-20-35-31/h1-14,17-23H,15-16H2. The molecule has 0 saturated heterocycles. The normalized spacial score (nSPS) is 12.6. The molecule has 0 radical (unpaired) electrons. The highest BCUT2D eigenvalue weighted by Crippen LogP contribution is 2.44. The SMILES string of the molecule is c1ccc(-c2cccc(N3c4ccccc4CCc4ccc(-c5nccc6ccccc56)cc43)c2)nc1. The van der Waals surface area contributed by atoms with Gasteiger partial charge in [0.05, 0.1) is 17.1 Å². The number of hydrogen-bond acceptors (Lipinski definition) is 3. The lowest BCUT2D eigenvalue weighted by Crippen LogP contribution is -2.12. The fourth-order valence-corrected chi connectivity index (χ4v) is 5.44. The summed E-state index contributed by atoms with van der Waals surface area (Å²) in [5.74, 6) is 0. The Morgan fingerprint density at radius 2 is 1.38 bits per heavy atom. The Morgan fingerprint density at radius 3 is 2.30 bits per heavy atom. The summed E-state index contributed by atoms with van der Waals surface area (Å²) in [6, 6.07) is 40.9. The minimum absolute atomic E-state index is 0.974. The van der Waals surface area contributed by atoms with Crippen LogP contribution in [-0.4, -0.2) is 9.97 Å². The number of pyridine rings is 2. The second-order valence-electron chi connectivity index (χ2n) is 9.45. The molecule has 3 nitrogen and oxygen atoms in total. The molecule has 3 heteroatoms. The minimum Gasteiger partial charge on any atom is -0.310 e. The summed E-state index contributed by atoms with van der Waals surface area (Å²) in [6.07, 6.45) is 5.76. The summed E-state index contributed by atoms with van der Waals surface area (Å²) >= 11 is 0. The Bertz CT molecular complexity index is 1730. The molecule has 0 saturated carbocycles. The van der Waals surface area contributed by atoms with Crippen molar-refractivity contribution in [3.63, 3.8) is 0 Å². The molecule has 6 aromatic rings. The summed E-state index contributed by atoms with van der Waals surface area (Å²) < 4.78 is 0. The fourth-order valence-electron chi connectivity index (χ4n) is 5.44. The molecule has 0 amide bonds. The van der Waals surface area contributed by atoms with Crippen molar-refractivity contribution in [1.82, 2.24) is 9.97 Å². The van der Waals surface area contributed by atoms with E-state index < -0.39 is 0 Å². The van der Waals surface area contributed by atoms with Crippen LogP contribution in [0, 0.1) is 0 Å². The van der Waals surface area contributed by atoms with E-state index in [4.69, 9.17) is 4.98 Å². The van der Waals surface area contributed by atoms with Gasteiger partial charge in [-0.2, -0.15) is 0 Å². The fraction of sp³-hybridized carbons (Fsp3) is 0.0588. The average molecular weight is 476 g/mol. The van der Waals surface area contributed by atoms with Gasteiger partial charge >= 0.3 is 0 Å². The molecule has 4 aromatic carbocycles. The largest absolute Gasteiger partial charge is 0.310 e. The van der Waals surface area contributed by atoms with Gasteiger partial charge in [0.25, 0.3) is 0 Å². The molecule has 37 heavy (non-hydrogen) atoms. The first-order chi connectivity index (χ1) is 18.3. The molecule has 0 atom stereocenters. The highest BCUT2D eigenvalue weighted by atomic mass is 15.1. The van der Waals surface area contributed by atoms with E-state index in [-0.39, 0.29) is 0 Å². The summed E-state index contributed by atoms with van der Waals surface area (Å²) in [5.41, 5.74) is 10.5. The quantitative estimate of drug-likeness (QED) is 0.257. The molecule has 3 heterocycles. The van der Waals surface area contributed by atoms with E-state index >= 15 is 0 Å². The summed E-state index contributed by atoms with van der Waals surface area (Å²) in [7, 11) is 0. The van der Waals surface area contributed by atoms with Crippen molar-refractivity contribution in [3.8, 4) is 22.5 Å². The first kappa shape index (κ1) is 21.5. The molecular formula is C34H25N3. The Hall–Kier alpha value is -4.76. The lowest BCUT2D eigenvalue weighted by molar-refractivity contribution is 0.978. The van der Waals surface area contributed by atoms with Gasteiger partial charge in [-0.15, -0.1) is 0 Å². The molecule has 0 bridgehead atoms. The third kappa shape index (κ3) is 3.85. The van der Waals surface area contributed by atoms with Gasteiger partial charge in [-0.05, 0) is 71.8 Å². The zero-order valence-corrected chi connectivity index (χ0v) is 20.4. The van der Waals surface area contributed by atoms with E-state index in [0.717, 1.165) is 41.0 Å². The van der Waals surface area contributed by atoms with Crippen molar-refractivity contribution in [2.45, 2.75) is 12.8 Å². The Balaban J connectivity index is 1.44. The monoisotopic (exact) mass is 475 g/mol. The van der Waals surface area contributed by atoms with E-state index in [1.165, 1.54) is 33.3 Å². The Kier molecular flexibility index (Phi) is 5.25. The van der Waals surface area contributed by atoms with Crippen molar-refractivity contribution in [2.75, 3.05) is 4.90 Å². The number of para-hydroxylation sites is 1. The molecule has 176 valence electrons. The van der Waals surface area contributed by atoms with Crippen molar-refractivity contribution >= 4 is 27.8 Å². The van der Waals surface area contributed by atoms with Crippen LogP contribution >= 0.6 is 0 Å². The topological polar surface area (TPSA) is 29.0 Å². The van der Waals surface area contributed by atoms with Crippen LogP contribution < -0.4 is 4.90 Å². The van der Waals surface area contributed by atoms with Gasteiger partial charge in [0.15, 0.2) is 0 Å². The molecule has 1 aliphatic heterocycles. The Labute approximate surface area is 216 Å². The highest BCUT2D eigenvalue weighted by molar-refractivity contribution is 5.96. The van der Waals surface area contributed by atoms with Crippen LogP contribution in [0.1, 0.15) is 11.1 Å². The van der Waals surface area contributed by atoms with Crippen molar-refractivity contribution in [1.29, 1.82) is 0 Å². The average Bonchev–Trinajstić information content (AvgIpc) is 3.14. The maximum absolute atomic E-state index is 4.82. The van der Waals surface area contributed by atoms with Crippen molar-refractivity contribution < 1.29 is 0 Å². The minimum atomic E-state index is 0.974. The number of nitrogens with zero attached hydrogens (tertiary/aromatic N) is 3. The van der Waals surface area contributed by atoms with E-state index in [2.05, 4.69) is 113 Å². The van der Waals surface area contributed by atoms with Crippen LogP contribution in [0.15, 0.2) is 128 Å². The number of hydrogen-bond donors (Lipinski definition) is 0. The molecular weight excluding hydrogens is 450 g/mol. The Morgan fingerprint density at radius 1 is 0.541 bits per heavy atom. The third-order valence-corrected chi connectivity index (χ3v) is 7.23. The smallest absolute Gasteiger partial charge is 0.0781 e. The third-order valence-electron chi connectivity index (χ3n) is 7.23. The zero-order valence-electron chi connectivity index (χ0n) is 20.4. The van der Waals surface area contributed by atoms with E-state index in [1.54, 1.807) is 0 Å². The molecule has 0 fully saturated rings. The number of rotatable bonds is 3. The maximum atomic E-state index is 4.82. The van der Waals surface area contributed by atoms with Crippen molar-refractivity contribution in [2.24, 2.45) is 0 Å². The second-order valence-corrected chi connectivity index (χ2v) is 9.45. The van der Waals surface area contributed by atoms with Crippen molar-refractivity contribution in [3.05, 3.63) is 139 Å². The van der Waals surface area contributed by atoms with Gasteiger partial charge in [0.1, 0.15) is 0 Å². The van der Waals surface area contributed by atoms with Gasteiger partial charge in [-0.25, -0.2) is 0 Å². The summed E-state index contributed by atoms with van der Waals surface area (Å²) in [4.78, 5) is 11.8. The van der Waals surface area contributed by atoms with Crippen LogP contribution in [0.25, 0.3) is 33.3 Å². The molecule has 0 aliphatic carbocycles. The van der Waals surface area contributed by atoms with Crippen LogP contribution in [0.5, 0.6) is 0 Å². The van der Waals surface area contributed by atoms with Gasteiger partial charge < -0.3 is 4.90 Å². The van der Waals surface area contributed by atoms with E-state index in [0.29, 0.717) is 0 Å². The van der Waals surface area contributed by atoms with Crippen LogP contribution in [-0.2, 0) is 12.8 Å². The predicted molar refractivity (Wildman–Crippen MR) is 153 cm³/mol. The van der Waals surface area contributed by atoms with Gasteiger partial charge in [-0.1, -0.05) is 72.8 Å². The molecule has 0 spiro atoms. The lowest BCUT2D eigenvalue weighted by Gasteiger charge is -2.28. The highest BCUT2D eigenvalue weighted by Gasteiger charge is 2.23. The number of aryl methyl sites for hydroxylation is 2. The van der Waals surface area contributed by atoms with Gasteiger partial charge in [0, 0.05) is 40.3 Å². The molecule has 0 N–H and O–H groups in total. The summed E-state index contributed by atoms with van der Waals surface area (Å²) in [5, 5.41) is 2.37. The van der Waals surface area contributed by atoms with Gasteiger partial charge in [0.2, 0.25) is 0 Å². The van der Waals surface area contributed by atoms with E-state index in [9.17, 15) is 0 Å². The molecule has 7 rings (SSSR count).